The minimum absolute atomic E-state index is 0.241. The minimum atomic E-state index is -2.08. The quantitative estimate of drug-likeness (QED) is 0.474. The first-order valence-electron chi connectivity index (χ1n) is 3.51. The number of hydrogen-bond acceptors (Lipinski definition) is 3. The van der Waals surface area contributed by atoms with Crippen molar-refractivity contribution >= 4 is 16.8 Å². The molecule has 7 heteroatoms. The van der Waals surface area contributed by atoms with Crippen LogP contribution in [0.5, 0.6) is 0 Å². The van der Waals surface area contributed by atoms with Crippen molar-refractivity contribution in [3.8, 4) is 0 Å². The predicted octanol–water partition coefficient (Wildman–Crippen LogP) is 1.46. The van der Waals surface area contributed by atoms with Crippen molar-refractivity contribution in [2.24, 2.45) is 0 Å². The molecule has 76 valence electrons. The van der Waals surface area contributed by atoms with Gasteiger partial charge in [-0.1, -0.05) is 6.07 Å². The smallest absolute Gasteiger partial charge is 0.304 e. The van der Waals surface area contributed by atoms with Crippen LogP contribution in [0.25, 0.3) is 0 Å². The lowest BCUT2D eigenvalue weighted by Crippen LogP contribution is -1.97. The molecule has 0 fully saturated rings. The summed E-state index contributed by atoms with van der Waals surface area (Å²) >= 11 is -2.08. The van der Waals surface area contributed by atoms with Crippen LogP contribution < -0.4 is 0 Å². The number of halogens is 1. The highest BCUT2D eigenvalue weighted by Gasteiger charge is 2.13. The summed E-state index contributed by atoms with van der Waals surface area (Å²) in [6.45, 7) is 0. The molecule has 0 aliphatic rings. The maximum absolute atomic E-state index is 12.9. The highest BCUT2D eigenvalue weighted by molar-refractivity contribution is 7.78. The highest BCUT2D eigenvalue weighted by Crippen LogP contribution is 2.18. The first-order valence-corrected chi connectivity index (χ1v) is 4.78. The van der Waals surface area contributed by atoms with Gasteiger partial charge in [-0.25, -0.2) is 4.21 Å². The molecule has 1 atom stereocenters. The molecule has 1 aromatic rings. The molecule has 0 aliphatic carbocycles. The standard InChI is InChI=1S/C7H6FNO4S/c8-6-3-5(4-14(12)13)1-2-7(6)9(10)11/h1-3H,4H2,(H,12,13). The van der Waals surface area contributed by atoms with E-state index in [9.17, 15) is 18.7 Å². The summed E-state index contributed by atoms with van der Waals surface area (Å²) in [7, 11) is 0. The number of nitrogens with zero attached hydrogens (tertiary/aromatic N) is 1. The van der Waals surface area contributed by atoms with E-state index >= 15 is 0 Å². The Balaban J connectivity index is 3.00. The fourth-order valence-electron chi connectivity index (χ4n) is 0.931. The zero-order valence-electron chi connectivity index (χ0n) is 6.84. The molecule has 0 heterocycles. The Hall–Kier alpha value is -1.34. The summed E-state index contributed by atoms with van der Waals surface area (Å²) in [6, 6.07) is 3.10. The fourth-order valence-corrected chi connectivity index (χ4v) is 1.40. The van der Waals surface area contributed by atoms with Crippen molar-refractivity contribution < 1.29 is 18.1 Å². The van der Waals surface area contributed by atoms with E-state index in [1.54, 1.807) is 0 Å². The molecular formula is C7H6FNO4S. The third-order valence-corrected chi connectivity index (χ3v) is 2.08. The Bertz CT molecular complexity index is 395. The Kier molecular flexibility index (Phi) is 3.26. The van der Waals surface area contributed by atoms with Crippen molar-refractivity contribution in [3.05, 3.63) is 39.7 Å². The molecule has 1 rings (SSSR count). The van der Waals surface area contributed by atoms with Crippen LogP contribution in [-0.4, -0.2) is 13.7 Å². The molecule has 14 heavy (non-hydrogen) atoms. The first-order chi connectivity index (χ1) is 6.50. The molecule has 0 bridgehead atoms. The highest BCUT2D eigenvalue weighted by atomic mass is 32.2. The van der Waals surface area contributed by atoms with Gasteiger partial charge in [0.05, 0.1) is 10.7 Å². The van der Waals surface area contributed by atoms with Gasteiger partial charge in [0, 0.05) is 6.07 Å². The number of nitro benzene ring substituents is 1. The number of benzene rings is 1. The predicted molar refractivity (Wildman–Crippen MR) is 47.5 cm³/mol. The van der Waals surface area contributed by atoms with E-state index in [0.717, 1.165) is 12.1 Å². The van der Waals surface area contributed by atoms with Gasteiger partial charge >= 0.3 is 5.69 Å². The summed E-state index contributed by atoms with van der Waals surface area (Å²) in [5.41, 5.74) is -0.397. The molecule has 0 spiro atoms. The minimum Gasteiger partial charge on any atom is -0.306 e. The largest absolute Gasteiger partial charge is 0.306 e. The number of nitro groups is 1. The molecule has 0 aliphatic heterocycles. The van der Waals surface area contributed by atoms with Gasteiger partial charge < -0.3 is 4.55 Å². The normalized spacial score (nSPS) is 12.4. The Morgan fingerprint density at radius 1 is 1.57 bits per heavy atom. The average Bonchev–Trinajstić information content (AvgIpc) is 2.01. The van der Waals surface area contributed by atoms with Gasteiger partial charge in [-0.15, -0.1) is 0 Å². The van der Waals surface area contributed by atoms with Crippen LogP contribution in [0.2, 0.25) is 0 Å². The summed E-state index contributed by atoms with van der Waals surface area (Å²) in [5.74, 6) is -1.24. The molecule has 5 nitrogen and oxygen atoms in total. The van der Waals surface area contributed by atoms with E-state index < -0.39 is 27.5 Å². The van der Waals surface area contributed by atoms with Gasteiger partial charge in [0.15, 0.2) is 11.1 Å². The van der Waals surface area contributed by atoms with Gasteiger partial charge in [-0.05, 0) is 11.6 Å². The molecule has 0 radical (unpaired) electrons. The van der Waals surface area contributed by atoms with Gasteiger partial charge in [0.25, 0.3) is 0 Å². The summed E-state index contributed by atoms with van der Waals surface area (Å²) in [6.07, 6.45) is 0. The van der Waals surface area contributed by atoms with E-state index in [1.165, 1.54) is 6.07 Å². The molecule has 1 unspecified atom stereocenters. The molecule has 0 saturated carbocycles. The maximum atomic E-state index is 12.9. The van der Waals surface area contributed by atoms with Gasteiger partial charge in [0.2, 0.25) is 5.82 Å². The first kappa shape index (κ1) is 10.7. The van der Waals surface area contributed by atoms with E-state index in [0.29, 0.717) is 0 Å². The summed E-state index contributed by atoms with van der Waals surface area (Å²) in [5, 5.41) is 10.2. The van der Waals surface area contributed by atoms with E-state index in [2.05, 4.69) is 0 Å². The molecular weight excluding hydrogens is 213 g/mol. The SMILES string of the molecule is O=[N+]([O-])c1ccc(CS(=O)O)cc1F. The average molecular weight is 219 g/mol. The maximum Gasteiger partial charge on any atom is 0.304 e. The zero-order chi connectivity index (χ0) is 10.7. The molecule has 0 amide bonds. The van der Waals surface area contributed by atoms with Gasteiger partial charge in [-0.2, -0.15) is 4.39 Å². The molecule has 1 N–H and O–H groups in total. The summed E-state index contributed by atoms with van der Waals surface area (Å²) < 4.78 is 31.8. The van der Waals surface area contributed by atoms with Crippen molar-refractivity contribution in [2.75, 3.05) is 0 Å². The Morgan fingerprint density at radius 2 is 2.21 bits per heavy atom. The van der Waals surface area contributed by atoms with Crippen molar-refractivity contribution in [1.82, 2.24) is 0 Å². The van der Waals surface area contributed by atoms with Crippen molar-refractivity contribution in [2.45, 2.75) is 5.75 Å². The Morgan fingerprint density at radius 3 is 2.64 bits per heavy atom. The summed E-state index contributed by atoms with van der Waals surface area (Å²) in [4.78, 5) is 9.36. The van der Waals surface area contributed by atoms with E-state index in [1.807, 2.05) is 0 Å². The number of hydrogen-bond donors (Lipinski definition) is 1. The van der Waals surface area contributed by atoms with Crippen LogP contribution in [0.3, 0.4) is 0 Å². The molecule has 1 aromatic carbocycles. The zero-order valence-corrected chi connectivity index (χ0v) is 7.66. The van der Waals surface area contributed by atoms with E-state index in [4.69, 9.17) is 4.55 Å². The number of rotatable bonds is 3. The van der Waals surface area contributed by atoms with Crippen molar-refractivity contribution in [1.29, 1.82) is 0 Å². The van der Waals surface area contributed by atoms with Crippen LogP contribution in [-0.2, 0) is 16.8 Å². The van der Waals surface area contributed by atoms with Gasteiger partial charge in [0.1, 0.15) is 0 Å². The van der Waals surface area contributed by atoms with Crippen LogP contribution in [0.1, 0.15) is 5.56 Å². The van der Waals surface area contributed by atoms with Crippen molar-refractivity contribution in [3.63, 3.8) is 0 Å². The van der Waals surface area contributed by atoms with Gasteiger partial charge in [-0.3, -0.25) is 10.1 Å². The second kappa shape index (κ2) is 4.25. The molecule has 0 aromatic heterocycles. The third-order valence-electron chi connectivity index (χ3n) is 1.50. The lowest BCUT2D eigenvalue weighted by molar-refractivity contribution is -0.387. The van der Waals surface area contributed by atoms with Crippen LogP contribution in [0, 0.1) is 15.9 Å². The second-order valence-corrected chi connectivity index (χ2v) is 3.44. The second-order valence-electron chi connectivity index (χ2n) is 2.51. The lowest BCUT2D eigenvalue weighted by Gasteiger charge is -1.98. The monoisotopic (exact) mass is 219 g/mol. The Labute approximate surface area is 81.0 Å². The van der Waals surface area contributed by atoms with Crippen LogP contribution in [0.15, 0.2) is 18.2 Å². The molecule has 0 saturated heterocycles. The van der Waals surface area contributed by atoms with E-state index in [-0.39, 0.29) is 11.3 Å². The lowest BCUT2D eigenvalue weighted by atomic mass is 10.2. The topological polar surface area (TPSA) is 80.4 Å². The fraction of sp³-hybridized carbons (Fsp3) is 0.143. The van der Waals surface area contributed by atoms with Crippen LogP contribution >= 0.6 is 0 Å². The third kappa shape index (κ3) is 2.57. The van der Waals surface area contributed by atoms with Crippen LogP contribution in [0.4, 0.5) is 10.1 Å².